The van der Waals surface area contributed by atoms with Crippen LogP contribution in [0.4, 0.5) is 5.69 Å². The van der Waals surface area contributed by atoms with Crippen molar-refractivity contribution >= 4 is 17.3 Å². The van der Waals surface area contributed by atoms with Gasteiger partial charge >= 0.3 is 0 Å². The lowest BCUT2D eigenvalue weighted by atomic mass is 10.0. The van der Waals surface area contributed by atoms with Crippen molar-refractivity contribution in [3.8, 4) is 5.75 Å². The smallest absolute Gasteiger partial charge is 0.281 e. The number of aryl methyl sites for hydroxylation is 1. The fourth-order valence-electron chi connectivity index (χ4n) is 3.26. The predicted octanol–water partition coefficient (Wildman–Crippen LogP) is 4.25. The number of furan rings is 1. The number of nitrogens with zero attached hydrogens (tertiary/aromatic N) is 3. The summed E-state index contributed by atoms with van der Waals surface area (Å²) in [4.78, 5) is 23.3. The van der Waals surface area contributed by atoms with E-state index in [-0.39, 0.29) is 30.0 Å². The van der Waals surface area contributed by atoms with Crippen molar-refractivity contribution in [2.75, 3.05) is 6.61 Å². The lowest BCUT2D eigenvalue weighted by Gasteiger charge is -2.19. The van der Waals surface area contributed by atoms with Crippen LogP contribution in [-0.4, -0.2) is 28.2 Å². The minimum Gasteiger partial charge on any atom is -0.483 e. The number of benzene rings is 2. The maximum atomic E-state index is 12.9. The van der Waals surface area contributed by atoms with Crippen molar-refractivity contribution in [1.82, 2.24) is 5.01 Å². The van der Waals surface area contributed by atoms with Gasteiger partial charge in [-0.15, -0.1) is 0 Å². The van der Waals surface area contributed by atoms with Crippen LogP contribution in [0.3, 0.4) is 0 Å². The summed E-state index contributed by atoms with van der Waals surface area (Å²) >= 11 is 0. The Morgan fingerprint density at radius 3 is 2.73 bits per heavy atom. The minimum atomic E-state index is -0.514. The molecule has 0 aliphatic carbocycles. The Bertz CT molecular complexity index is 1090. The van der Waals surface area contributed by atoms with Crippen LogP contribution in [0, 0.1) is 17.0 Å². The Balaban J connectivity index is 1.54. The third-order valence-electron chi connectivity index (χ3n) is 4.81. The number of carbonyl (C=O) groups is 1. The van der Waals surface area contributed by atoms with E-state index < -0.39 is 4.92 Å². The first-order valence-electron chi connectivity index (χ1n) is 9.38. The molecule has 3 aromatic rings. The SMILES string of the molecule is Cc1ccc(C2=NN(C(=O)COc3cccc([N+](=O)[O-])c3)[C@@H](c3ccco3)C2)cc1. The van der Waals surface area contributed by atoms with Crippen LogP contribution in [0.2, 0.25) is 0 Å². The first-order valence-corrected chi connectivity index (χ1v) is 9.38. The average Bonchev–Trinajstić information content (AvgIpc) is 3.42. The second kappa shape index (κ2) is 8.20. The number of amides is 1. The molecule has 152 valence electrons. The molecule has 30 heavy (non-hydrogen) atoms. The molecule has 1 aliphatic heterocycles. The Morgan fingerprint density at radius 2 is 2.03 bits per heavy atom. The molecule has 2 aromatic carbocycles. The molecule has 8 heteroatoms. The summed E-state index contributed by atoms with van der Waals surface area (Å²) in [7, 11) is 0. The molecule has 2 heterocycles. The summed E-state index contributed by atoms with van der Waals surface area (Å²) in [6.07, 6.45) is 2.07. The van der Waals surface area contributed by atoms with Gasteiger partial charge in [-0.1, -0.05) is 35.9 Å². The number of hydrazone groups is 1. The topological polar surface area (TPSA) is 98.2 Å². The molecule has 0 unspecified atom stereocenters. The molecule has 8 nitrogen and oxygen atoms in total. The van der Waals surface area contributed by atoms with Crippen molar-refractivity contribution in [2.24, 2.45) is 5.10 Å². The molecule has 0 N–H and O–H groups in total. The summed E-state index contributed by atoms with van der Waals surface area (Å²) in [5.41, 5.74) is 2.75. The van der Waals surface area contributed by atoms with Crippen LogP contribution in [0.1, 0.15) is 29.3 Å². The first-order chi connectivity index (χ1) is 14.5. The fourth-order valence-corrected chi connectivity index (χ4v) is 3.26. The van der Waals surface area contributed by atoms with E-state index in [1.165, 1.54) is 23.2 Å². The maximum absolute atomic E-state index is 12.9. The van der Waals surface area contributed by atoms with Crippen molar-refractivity contribution < 1.29 is 18.9 Å². The zero-order chi connectivity index (χ0) is 21.1. The third-order valence-corrected chi connectivity index (χ3v) is 4.81. The number of carbonyl (C=O) groups excluding carboxylic acids is 1. The lowest BCUT2D eigenvalue weighted by molar-refractivity contribution is -0.384. The van der Waals surface area contributed by atoms with Gasteiger partial charge in [-0.3, -0.25) is 14.9 Å². The quantitative estimate of drug-likeness (QED) is 0.451. The van der Waals surface area contributed by atoms with E-state index in [0.717, 1.165) is 16.8 Å². The van der Waals surface area contributed by atoms with Gasteiger partial charge in [0.1, 0.15) is 17.6 Å². The van der Waals surface area contributed by atoms with Crippen LogP contribution < -0.4 is 4.74 Å². The number of ether oxygens (including phenoxy) is 1. The Morgan fingerprint density at radius 1 is 1.23 bits per heavy atom. The maximum Gasteiger partial charge on any atom is 0.281 e. The van der Waals surface area contributed by atoms with E-state index in [1.807, 2.05) is 31.2 Å². The minimum absolute atomic E-state index is 0.103. The number of non-ortho nitro benzene ring substituents is 1. The van der Waals surface area contributed by atoms with E-state index in [9.17, 15) is 14.9 Å². The molecule has 1 amide bonds. The van der Waals surface area contributed by atoms with Crippen molar-refractivity contribution in [1.29, 1.82) is 0 Å². The summed E-state index contributed by atoms with van der Waals surface area (Å²) in [5, 5.41) is 16.8. The number of rotatable bonds is 6. The second-order valence-corrected chi connectivity index (χ2v) is 6.93. The lowest BCUT2D eigenvalue weighted by Crippen LogP contribution is -2.31. The molecule has 0 fully saturated rings. The Labute approximate surface area is 172 Å². The molecular formula is C22H19N3O5. The number of hydrogen-bond donors (Lipinski definition) is 0. The van der Waals surface area contributed by atoms with Crippen molar-refractivity contribution in [3.05, 3.63) is 93.9 Å². The molecule has 1 aromatic heterocycles. The van der Waals surface area contributed by atoms with Gasteiger partial charge < -0.3 is 9.15 Å². The normalized spacial score (nSPS) is 15.7. The highest BCUT2D eigenvalue weighted by Crippen LogP contribution is 2.33. The van der Waals surface area contributed by atoms with E-state index in [1.54, 1.807) is 24.5 Å². The van der Waals surface area contributed by atoms with Gasteiger partial charge in [-0.25, -0.2) is 5.01 Å². The standard InChI is InChI=1S/C22H19N3O5/c1-15-7-9-16(10-8-15)19-13-20(21-6-3-11-29-21)24(23-19)22(26)14-30-18-5-2-4-17(12-18)25(27)28/h2-12,20H,13-14H2,1H3/t20-/m1/s1. The van der Waals surface area contributed by atoms with Gasteiger partial charge in [0.25, 0.3) is 11.6 Å². The fraction of sp³-hybridized carbons (Fsp3) is 0.182. The highest BCUT2D eigenvalue weighted by molar-refractivity contribution is 6.03. The van der Waals surface area contributed by atoms with E-state index in [0.29, 0.717) is 12.2 Å². The van der Waals surface area contributed by atoms with Crippen LogP contribution in [-0.2, 0) is 4.79 Å². The van der Waals surface area contributed by atoms with E-state index in [4.69, 9.17) is 9.15 Å². The van der Waals surface area contributed by atoms with Gasteiger partial charge in [0, 0.05) is 12.5 Å². The molecule has 0 bridgehead atoms. The van der Waals surface area contributed by atoms with E-state index in [2.05, 4.69) is 5.10 Å². The van der Waals surface area contributed by atoms with Crippen LogP contribution in [0.5, 0.6) is 5.75 Å². The molecule has 0 spiro atoms. The molecule has 4 rings (SSSR count). The zero-order valence-corrected chi connectivity index (χ0v) is 16.2. The number of hydrogen-bond acceptors (Lipinski definition) is 6. The Kier molecular flexibility index (Phi) is 5.30. The van der Waals surface area contributed by atoms with Gasteiger partial charge in [-0.05, 0) is 30.7 Å². The predicted molar refractivity (Wildman–Crippen MR) is 109 cm³/mol. The van der Waals surface area contributed by atoms with Crippen LogP contribution >= 0.6 is 0 Å². The van der Waals surface area contributed by atoms with Gasteiger partial charge in [0.15, 0.2) is 6.61 Å². The summed E-state index contributed by atoms with van der Waals surface area (Å²) in [5.74, 6) is 0.503. The molecule has 1 aliphatic rings. The highest BCUT2D eigenvalue weighted by Gasteiger charge is 2.35. The monoisotopic (exact) mass is 405 g/mol. The third kappa shape index (κ3) is 4.07. The molecule has 0 saturated carbocycles. The van der Waals surface area contributed by atoms with Crippen molar-refractivity contribution in [2.45, 2.75) is 19.4 Å². The molecule has 0 saturated heterocycles. The number of nitro groups is 1. The van der Waals surface area contributed by atoms with Gasteiger partial charge in [0.05, 0.1) is 23.0 Å². The summed E-state index contributed by atoms with van der Waals surface area (Å²) in [6.45, 7) is 1.70. The number of nitro benzene ring substituents is 1. The second-order valence-electron chi connectivity index (χ2n) is 6.93. The van der Waals surface area contributed by atoms with E-state index >= 15 is 0 Å². The largest absolute Gasteiger partial charge is 0.483 e. The molecule has 0 radical (unpaired) electrons. The molecular weight excluding hydrogens is 386 g/mol. The summed E-state index contributed by atoms with van der Waals surface area (Å²) in [6, 6.07) is 16.8. The Hall–Kier alpha value is -3.94. The average molecular weight is 405 g/mol. The van der Waals surface area contributed by atoms with Gasteiger partial charge in [0.2, 0.25) is 0 Å². The zero-order valence-electron chi connectivity index (χ0n) is 16.2. The summed E-state index contributed by atoms with van der Waals surface area (Å²) < 4.78 is 11.0. The van der Waals surface area contributed by atoms with Crippen molar-refractivity contribution in [3.63, 3.8) is 0 Å². The van der Waals surface area contributed by atoms with Gasteiger partial charge in [-0.2, -0.15) is 5.10 Å². The highest BCUT2D eigenvalue weighted by atomic mass is 16.6. The first kappa shape index (κ1) is 19.4. The molecule has 1 atom stereocenters. The van der Waals surface area contributed by atoms with Crippen LogP contribution in [0.15, 0.2) is 76.4 Å². The van der Waals surface area contributed by atoms with Crippen LogP contribution in [0.25, 0.3) is 0 Å².